The molecule has 8 heteroatoms. The standard InChI is InChI=1S/C28H28ClN3O3S/c1-6-11-35-28(34)24-19(5)31-27(21(14-30)25(24)20-9-7-8-10-22(20)29)36-15-23(33)32-26-17(3)12-16(2)13-18(26)4/h6-10,12-13,25,31H,1,11,15H2,2-5H3,(H,32,33)/t25-/m0/s1. The van der Waals surface area contributed by atoms with Crippen molar-refractivity contribution in [2.45, 2.75) is 33.6 Å². The summed E-state index contributed by atoms with van der Waals surface area (Å²) >= 11 is 7.69. The van der Waals surface area contributed by atoms with Crippen molar-refractivity contribution in [3.63, 3.8) is 0 Å². The second-order valence-electron chi connectivity index (χ2n) is 8.47. The summed E-state index contributed by atoms with van der Waals surface area (Å²) in [6, 6.07) is 13.3. The average Bonchev–Trinajstić information content (AvgIpc) is 2.83. The van der Waals surface area contributed by atoms with Gasteiger partial charge in [0.25, 0.3) is 0 Å². The summed E-state index contributed by atoms with van der Waals surface area (Å²) in [6.07, 6.45) is 1.48. The summed E-state index contributed by atoms with van der Waals surface area (Å²) < 4.78 is 5.32. The molecule has 186 valence electrons. The van der Waals surface area contributed by atoms with Crippen LogP contribution in [0.1, 0.15) is 35.1 Å². The number of halogens is 1. The molecule has 0 unspecified atom stereocenters. The van der Waals surface area contributed by atoms with Crippen molar-refractivity contribution in [1.29, 1.82) is 5.26 Å². The third-order valence-electron chi connectivity index (χ3n) is 5.70. The molecule has 2 aromatic carbocycles. The fourth-order valence-corrected chi connectivity index (χ4v) is 5.36. The Bertz CT molecular complexity index is 1300. The number of hydrogen-bond donors (Lipinski definition) is 2. The molecule has 0 bridgehead atoms. The predicted molar refractivity (Wildman–Crippen MR) is 146 cm³/mol. The normalized spacial score (nSPS) is 15.2. The molecule has 2 N–H and O–H groups in total. The molecule has 36 heavy (non-hydrogen) atoms. The highest BCUT2D eigenvalue weighted by atomic mass is 35.5. The molecule has 1 heterocycles. The van der Waals surface area contributed by atoms with Gasteiger partial charge in [-0.2, -0.15) is 5.26 Å². The first-order valence-electron chi connectivity index (χ1n) is 11.3. The lowest BCUT2D eigenvalue weighted by Gasteiger charge is -2.29. The van der Waals surface area contributed by atoms with Gasteiger partial charge in [-0.1, -0.05) is 71.9 Å². The number of amides is 1. The number of hydrogen-bond acceptors (Lipinski definition) is 6. The Morgan fingerprint density at radius 2 is 1.89 bits per heavy atom. The lowest BCUT2D eigenvalue weighted by Crippen LogP contribution is -2.29. The topological polar surface area (TPSA) is 91.2 Å². The maximum Gasteiger partial charge on any atom is 0.337 e. The first-order chi connectivity index (χ1) is 17.2. The van der Waals surface area contributed by atoms with Gasteiger partial charge in [0.15, 0.2) is 0 Å². The van der Waals surface area contributed by atoms with Crippen molar-refractivity contribution in [3.8, 4) is 6.07 Å². The first kappa shape index (κ1) is 27.1. The number of dihydropyridines is 1. The Kier molecular flexibility index (Phi) is 9.03. The Balaban J connectivity index is 1.92. The van der Waals surface area contributed by atoms with Crippen LogP contribution in [0, 0.1) is 32.1 Å². The lowest BCUT2D eigenvalue weighted by atomic mass is 9.82. The Morgan fingerprint density at radius 1 is 1.22 bits per heavy atom. The van der Waals surface area contributed by atoms with E-state index in [4.69, 9.17) is 16.3 Å². The highest BCUT2D eigenvalue weighted by Crippen LogP contribution is 2.43. The van der Waals surface area contributed by atoms with E-state index in [1.807, 2.05) is 32.9 Å². The number of esters is 1. The van der Waals surface area contributed by atoms with Crippen LogP contribution in [0.15, 0.2) is 70.9 Å². The van der Waals surface area contributed by atoms with Crippen LogP contribution in [0.25, 0.3) is 0 Å². The van der Waals surface area contributed by atoms with Gasteiger partial charge in [-0.05, 0) is 50.5 Å². The smallest absolute Gasteiger partial charge is 0.337 e. The molecule has 1 atom stereocenters. The minimum Gasteiger partial charge on any atom is -0.458 e. The number of aryl methyl sites for hydroxylation is 3. The quantitative estimate of drug-likeness (QED) is 0.324. The number of nitriles is 1. The van der Waals surface area contributed by atoms with Gasteiger partial charge < -0.3 is 15.4 Å². The monoisotopic (exact) mass is 521 g/mol. The summed E-state index contributed by atoms with van der Waals surface area (Å²) in [5.74, 6) is -1.44. The van der Waals surface area contributed by atoms with Gasteiger partial charge in [-0.15, -0.1) is 0 Å². The van der Waals surface area contributed by atoms with Gasteiger partial charge in [-0.3, -0.25) is 4.79 Å². The molecule has 1 aliphatic rings. The molecule has 0 radical (unpaired) electrons. The van der Waals surface area contributed by atoms with Crippen molar-refractivity contribution in [2.75, 3.05) is 17.7 Å². The van der Waals surface area contributed by atoms with Crippen LogP contribution in [0.2, 0.25) is 5.02 Å². The number of anilines is 1. The van der Waals surface area contributed by atoms with Crippen molar-refractivity contribution >= 4 is 40.9 Å². The number of nitrogens with one attached hydrogen (secondary N) is 2. The number of ether oxygens (including phenoxy) is 1. The maximum absolute atomic E-state index is 13.0. The zero-order valence-corrected chi connectivity index (χ0v) is 22.3. The minimum absolute atomic E-state index is 0.0378. The van der Waals surface area contributed by atoms with Gasteiger partial charge in [0.1, 0.15) is 6.61 Å². The molecule has 1 aliphatic heterocycles. The fraction of sp³-hybridized carbons (Fsp3) is 0.250. The van der Waals surface area contributed by atoms with Crippen LogP contribution in [-0.2, 0) is 14.3 Å². The Morgan fingerprint density at radius 3 is 2.50 bits per heavy atom. The number of allylic oxidation sites excluding steroid dienone is 2. The van der Waals surface area contributed by atoms with E-state index in [0.717, 1.165) is 22.4 Å². The van der Waals surface area contributed by atoms with Gasteiger partial charge in [0, 0.05) is 16.4 Å². The van der Waals surface area contributed by atoms with Gasteiger partial charge in [0.05, 0.1) is 33.9 Å². The molecule has 0 aliphatic carbocycles. The molecule has 3 rings (SSSR count). The van der Waals surface area contributed by atoms with Gasteiger partial charge in [-0.25, -0.2) is 4.79 Å². The molecular weight excluding hydrogens is 494 g/mol. The van der Waals surface area contributed by atoms with Crippen LogP contribution in [0.4, 0.5) is 5.69 Å². The predicted octanol–water partition coefficient (Wildman–Crippen LogP) is 6.06. The first-order valence-corrected chi connectivity index (χ1v) is 12.7. The molecule has 0 saturated heterocycles. The molecule has 1 amide bonds. The SMILES string of the molecule is C=CCOC(=O)C1=C(C)NC(SCC(=O)Nc2c(C)cc(C)cc2C)=C(C#N)[C@@H]1c1ccccc1Cl. The molecular formula is C28H28ClN3O3S. The minimum atomic E-state index is -0.741. The third-order valence-corrected chi connectivity index (χ3v) is 7.07. The van der Waals surface area contributed by atoms with Crippen molar-refractivity contribution in [2.24, 2.45) is 0 Å². The number of thioether (sulfide) groups is 1. The number of carbonyl (C=O) groups is 2. The Hall–Kier alpha value is -3.47. The third kappa shape index (κ3) is 6.01. The van der Waals surface area contributed by atoms with E-state index in [2.05, 4.69) is 23.3 Å². The molecule has 0 aromatic heterocycles. The van der Waals surface area contributed by atoms with E-state index < -0.39 is 11.9 Å². The van der Waals surface area contributed by atoms with E-state index in [0.29, 0.717) is 32.5 Å². The van der Waals surface area contributed by atoms with Crippen molar-refractivity contribution in [1.82, 2.24) is 5.32 Å². The molecule has 0 saturated carbocycles. The lowest BCUT2D eigenvalue weighted by molar-refractivity contribution is -0.138. The summed E-state index contributed by atoms with van der Waals surface area (Å²) in [7, 11) is 0. The molecule has 0 spiro atoms. The summed E-state index contributed by atoms with van der Waals surface area (Å²) in [5.41, 5.74) is 5.60. The zero-order chi connectivity index (χ0) is 26.4. The Labute approximate surface area is 221 Å². The van der Waals surface area contributed by atoms with Crippen LogP contribution >= 0.6 is 23.4 Å². The van der Waals surface area contributed by atoms with Crippen molar-refractivity contribution in [3.05, 3.63) is 98.2 Å². The molecule has 0 fully saturated rings. The molecule has 6 nitrogen and oxygen atoms in total. The van der Waals surface area contributed by atoms with Crippen LogP contribution in [0.5, 0.6) is 0 Å². The van der Waals surface area contributed by atoms with Crippen LogP contribution < -0.4 is 10.6 Å². The van der Waals surface area contributed by atoms with Crippen LogP contribution in [-0.4, -0.2) is 24.2 Å². The molecule has 2 aromatic rings. The number of rotatable bonds is 8. The van der Waals surface area contributed by atoms with E-state index >= 15 is 0 Å². The highest BCUT2D eigenvalue weighted by molar-refractivity contribution is 8.03. The number of nitrogens with zero attached hydrogens (tertiary/aromatic N) is 1. The zero-order valence-electron chi connectivity index (χ0n) is 20.7. The number of carbonyl (C=O) groups excluding carboxylic acids is 2. The largest absolute Gasteiger partial charge is 0.458 e. The van der Waals surface area contributed by atoms with Gasteiger partial charge in [0.2, 0.25) is 5.91 Å². The average molecular weight is 522 g/mol. The second-order valence-corrected chi connectivity index (χ2v) is 9.86. The van der Waals surface area contributed by atoms with E-state index in [1.165, 1.54) is 17.8 Å². The summed E-state index contributed by atoms with van der Waals surface area (Å²) in [5, 5.41) is 17.2. The highest BCUT2D eigenvalue weighted by Gasteiger charge is 2.36. The number of benzene rings is 2. The van der Waals surface area contributed by atoms with Gasteiger partial charge >= 0.3 is 5.97 Å². The summed E-state index contributed by atoms with van der Waals surface area (Å²) in [4.78, 5) is 25.8. The van der Waals surface area contributed by atoms with Crippen molar-refractivity contribution < 1.29 is 14.3 Å². The summed E-state index contributed by atoms with van der Waals surface area (Å²) in [6.45, 7) is 11.3. The van der Waals surface area contributed by atoms with E-state index in [-0.39, 0.29) is 18.3 Å². The van der Waals surface area contributed by atoms with E-state index in [9.17, 15) is 14.9 Å². The fourth-order valence-electron chi connectivity index (χ4n) is 4.22. The maximum atomic E-state index is 13.0. The van der Waals surface area contributed by atoms with Crippen LogP contribution in [0.3, 0.4) is 0 Å². The second kappa shape index (κ2) is 12.0. The van der Waals surface area contributed by atoms with E-state index in [1.54, 1.807) is 31.2 Å².